The molecular weight excluding hydrogens is 394 g/mol. The molecule has 2 fully saturated rings. The van der Waals surface area contributed by atoms with Gasteiger partial charge in [0.05, 0.1) is 16.1 Å². The number of carbonyl (C=O) groups excluding carboxylic acids is 2. The molecule has 0 saturated carbocycles. The molecular formula is C18H19Cl2FN4O2. The molecule has 2 amide bonds. The van der Waals surface area contributed by atoms with Gasteiger partial charge in [0, 0.05) is 37.1 Å². The fourth-order valence-electron chi connectivity index (χ4n) is 3.74. The number of hydrogen-bond donors (Lipinski definition) is 2. The van der Waals surface area contributed by atoms with Gasteiger partial charge < -0.3 is 20.1 Å². The first-order valence-electron chi connectivity index (χ1n) is 8.94. The number of nitrogens with zero attached hydrogens (tertiary/aromatic N) is 2. The monoisotopic (exact) mass is 412 g/mol. The summed E-state index contributed by atoms with van der Waals surface area (Å²) in [5.74, 6) is -0.763. The fraction of sp³-hybridized carbons (Fsp3) is 0.444. The van der Waals surface area contributed by atoms with Gasteiger partial charge in [0.2, 0.25) is 5.91 Å². The second-order valence-corrected chi connectivity index (χ2v) is 7.62. The Morgan fingerprint density at radius 2 is 1.78 bits per heavy atom. The summed E-state index contributed by atoms with van der Waals surface area (Å²) >= 11 is 12.3. The van der Waals surface area contributed by atoms with Crippen molar-refractivity contribution in [2.75, 3.05) is 32.7 Å². The normalized spacial score (nSPS) is 20.5. The van der Waals surface area contributed by atoms with E-state index in [2.05, 4.69) is 10.3 Å². The molecule has 1 atom stereocenters. The van der Waals surface area contributed by atoms with Crippen molar-refractivity contribution in [1.82, 2.24) is 20.1 Å². The van der Waals surface area contributed by atoms with Gasteiger partial charge in [0.15, 0.2) is 0 Å². The number of aromatic amines is 1. The molecule has 4 rings (SSSR count). The Hall–Kier alpha value is -1.83. The van der Waals surface area contributed by atoms with Crippen LogP contribution in [0.15, 0.2) is 12.1 Å². The third-order valence-corrected chi connectivity index (χ3v) is 5.99. The number of hydrogen-bond acceptors (Lipinski definition) is 3. The maximum Gasteiger partial charge on any atom is 0.271 e. The van der Waals surface area contributed by atoms with E-state index in [0.717, 1.165) is 19.4 Å². The van der Waals surface area contributed by atoms with E-state index in [4.69, 9.17) is 23.2 Å². The molecule has 3 heterocycles. The lowest BCUT2D eigenvalue weighted by atomic mass is 10.2. The van der Waals surface area contributed by atoms with Crippen LogP contribution < -0.4 is 5.32 Å². The molecule has 0 radical (unpaired) electrons. The van der Waals surface area contributed by atoms with Crippen molar-refractivity contribution in [2.45, 2.75) is 18.9 Å². The minimum absolute atomic E-state index is 0.102. The van der Waals surface area contributed by atoms with Crippen LogP contribution in [0.2, 0.25) is 10.0 Å². The Morgan fingerprint density at radius 1 is 1.07 bits per heavy atom. The summed E-state index contributed by atoms with van der Waals surface area (Å²) < 4.78 is 13.7. The second-order valence-electron chi connectivity index (χ2n) is 6.86. The highest BCUT2D eigenvalue weighted by Gasteiger charge is 2.32. The maximum atomic E-state index is 13.7. The van der Waals surface area contributed by atoms with Crippen molar-refractivity contribution in [1.29, 1.82) is 0 Å². The van der Waals surface area contributed by atoms with Gasteiger partial charge in [-0.2, -0.15) is 0 Å². The maximum absolute atomic E-state index is 13.7. The smallest absolute Gasteiger partial charge is 0.271 e. The summed E-state index contributed by atoms with van der Waals surface area (Å²) in [6, 6.07) is 2.63. The number of carbonyl (C=O) groups is 2. The number of benzene rings is 1. The van der Waals surface area contributed by atoms with E-state index in [1.165, 1.54) is 12.1 Å². The van der Waals surface area contributed by atoms with Gasteiger partial charge in [-0.1, -0.05) is 23.2 Å². The second kappa shape index (κ2) is 7.30. The van der Waals surface area contributed by atoms with Gasteiger partial charge in [-0.15, -0.1) is 0 Å². The van der Waals surface area contributed by atoms with Crippen molar-refractivity contribution >= 4 is 45.9 Å². The van der Waals surface area contributed by atoms with E-state index in [1.807, 2.05) is 0 Å². The Kier molecular flexibility index (Phi) is 5.01. The minimum Gasteiger partial charge on any atom is -0.349 e. The van der Waals surface area contributed by atoms with Crippen LogP contribution in [-0.4, -0.2) is 65.4 Å². The number of fused-ring (bicyclic) bond motifs is 1. The first kappa shape index (κ1) is 18.5. The number of piperazine rings is 1. The molecule has 2 aliphatic heterocycles. The molecule has 0 unspecified atom stereocenters. The van der Waals surface area contributed by atoms with Crippen LogP contribution in [0, 0.1) is 5.82 Å². The molecule has 2 aliphatic rings. The molecule has 1 aromatic heterocycles. The van der Waals surface area contributed by atoms with Crippen LogP contribution >= 0.6 is 23.2 Å². The molecule has 144 valence electrons. The lowest BCUT2D eigenvalue weighted by molar-refractivity contribution is -0.134. The Labute approximate surface area is 165 Å². The SMILES string of the molecule is O=C(c1[nH]c2ccc(F)c(Cl)c2c1Cl)N1CCN(C(=O)[C@H]2CCCN2)CC1. The number of rotatable bonds is 2. The van der Waals surface area contributed by atoms with Crippen LogP contribution in [0.3, 0.4) is 0 Å². The summed E-state index contributed by atoms with van der Waals surface area (Å²) in [5, 5.41) is 3.53. The van der Waals surface area contributed by atoms with Crippen molar-refractivity contribution in [3.63, 3.8) is 0 Å². The predicted molar refractivity (Wildman–Crippen MR) is 102 cm³/mol. The van der Waals surface area contributed by atoms with E-state index in [0.29, 0.717) is 37.1 Å². The van der Waals surface area contributed by atoms with Gasteiger partial charge in [0.1, 0.15) is 11.5 Å². The van der Waals surface area contributed by atoms with Gasteiger partial charge in [-0.25, -0.2) is 4.39 Å². The van der Waals surface area contributed by atoms with Crippen LogP contribution in [-0.2, 0) is 4.79 Å². The Bertz CT molecular complexity index is 902. The average molecular weight is 413 g/mol. The fourth-order valence-corrected chi connectivity index (χ4v) is 4.37. The van der Waals surface area contributed by atoms with Crippen molar-refractivity contribution in [3.05, 3.63) is 33.7 Å². The molecule has 27 heavy (non-hydrogen) atoms. The van der Waals surface area contributed by atoms with Gasteiger partial charge in [-0.3, -0.25) is 9.59 Å². The van der Waals surface area contributed by atoms with E-state index in [9.17, 15) is 14.0 Å². The summed E-state index contributed by atoms with van der Waals surface area (Å²) in [4.78, 5) is 31.7. The lowest BCUT2D eigenvalue weighted by Crippen LogP contribution is -2.54. The largest absolute Gasteiger partial charge is 0.349 e. The zero-order chi connectivity index (χ0) is 19.1. The standard InChI is InChI=1S/C18H19Cl2FN4O2/c19-14-10(21)3-4-11-13(14)15(20)16(23-11)18(27)25-8-6-24(7-9-25)17(26)12-2-1-5-22-12/h3-4,12,22-23H,1-2,5-9H2/t12-/m1/s1. The van der Waals surface area contributed by atoms with Crippen molar-refractivity contribution in [2.24, 2.45) is 0 Å². The van der Waals surface area contributed by atoms with E-state index in [-0.39, 0.29) is 33.6 Å². The molecule has 0 spiro atoms. The van der Waals surface area contributed by atoms with Crippen LogP contribution in [0.1, 0.15) is 23.3 Å². The van der Waals surface area contributed by atoms with Crippen LogP contribution in [0.25, 0.3) is 10.9 Å². The number of amides is 2. The molecule has 9 heteroatoms. The van der Waals surface area contributed by atoms with Gasteiger partial charge >= 0.3 is 0 Å². The lowest BCUT2D eigenvalue weighted by Gasteiger charge is -2.35. The molecule has 1 aromatic carbocycles. The molecule has 2 aromatic rings. The molecule has 2 saturated heterocycles. The summed E-state index contributed by atoms with van der Waals surface area (Å²) in [5.41, 5.74) is 0.701. The first-order valence-corrected chi connectivity index (χ1v) is 9.69. The number of halogens is 3. The third-order valence-electron chi connectivity index (χ3n) is 5.24. The number of H-pyrrole nitrogens is 1. The average Bonchev–Trinajstić information content (AvgIpc) is 3.32. The topological polar surface area (TPSA) is 68.4 Å². The Balaban J connectivity index is 1.48. The first-order chi connectivity index (χ1) is 13.0. The van der Waals surface area contributed by atoms with E-state index in [1.54, 1.807) is 9.80 Å². The van der Waals surface area contributed by atoms with Crippen molar-refractivity contribution < 1.29 is 14.0 Å². The quantitative estimate of drug-likeness (QED) is 0.796. The Morgan fingerprint density at radius 3 is 2.44 bits per heavy atom. The molecule has 6 nitrogen and oxygen atoms in total. The predicted octanol–water partition coefficient (Wildman–Crippen LogP) is 2.65. The molecule has 0 aliphatic carbocycles. The highest BCUT2D eigenvalue weighted by atomic mass is 35.5. The van der Waals surface area contributed by atoms with E-state index < -0.39 is 5.82 Å². The molecule has 0 bridgehead atoms. The van der Waals surface area contributed by atoms with Crippen molar-refractivity contribution in [3.8, 4) is 0 Å². The highest BCUT2D eigenvalue weighted by Crippen LogP contribution is 2.35. The summed E-state index contributed by atoms with van der Waals surface area (Å²) in [6.45, 7) is 2.68. The van der Waals surface area contributed by atoms with Gasteiger partial charge in [0.25, 0.3) is 5.91 Å². The zero-order valence-corrected chi connectivity index (χ0v) is 16.0. The van der Waals surface area contributed by atoms with Crippen LogP contribution in [0.4, 0.5) is 4.39 Å². The number of nitrogens with one attached hydrogen (secondary N) is 2. The molecule has 2 N–H and O–H groups in total. The summed E-state index contributed by atoms with van der Waals surface area (Å²) in [7, 11) is 0. The highest BCUT2D eigenvalue weighted by molar-refractivity contribution is 6.44. The zero-order valence-electron chi connectivity index (χ0n) is 14.5. The summed E-state index contributed by atoms with van der Waals surface area (Å²) in [6.07, 6.45) is 1.87. The minimum atomic E-state index is -0.586. The third kappa shape index (κ3) is 3.28. The van der Waals surface area contributed by atoms with Gasteiger partial charge in [-0.05, 0) is 31.5 Å². The van der Waals surface area contributed by atoms with Crippen LogP contribution in [0.5, 0.6) is 0 Å². The number of aromatic nitrogens is 1. The van der Waals surface area contributed by atoms with E-state index >= 15 is 0 Å².